The molecule has 0 radical (unpaired) electrons. The highest BCUT2D eigenvalue weighted by molar-refractivity contribution is 5.55. The first-order valence-corrected chi connectivity index (χ1v) is 9.23. The molecule has 31 heavy (non-hydrogen) atoms. The molecule has 3 heterocycles. The van der Waals surface area contributed by atoms with Gasteiger partial charge >= 0.3 is 11.9 Å². The van der Waals surface area contributed by atoms with Crippen molar-refractivity contribution in [1.29, 1.82) is 0 Å². The van der Waals surface area contributed by atoms with Crippen LogP contribution in [0.5, 0.6) is 0 Å². The molecule has 0 spiro atoms. The highest BCUT2D eigenvalue weighted by Gasteiger charge is 2.31. The third-order valence-electron chi connectivity index (χ3n) is 4.77. The van der Waals surface area contributed by atoms with Gasteiger partial charge in [-0.25, -0.2) is 9.97 Å². The molecular weight excluding hydrogens is 419 g/mol. The molecule has 10 nitrogen and oxygen atoms in total. The first-order valence-electron chi connectivity index (χ1n) is 9.23. The maximum absolute atomic E-state index is 12.9. The van der Waals surface area contributed by atoms with Gasteiger partial charge < -0.3 is 9.42 Å². The average Bonchev–Trinajstić information content (AvgIpc) is 3.22. The van der Waals surface area contributed by atoms with Gasteiger partial charge in [0.2, 0.25) is 17.7 Å². The maximum atomic E-state index is 12.9. The molecule has 1 aliphatic rings. The van der Waals surface area contributed by atoms with Gasteiger partial charge in [0.05, 0.1) is 17.0 Å². The van der Waals surface area contributed by atoms with Crippen molar-refractivity contribution in [2.24, 2.45) is 0 Å². The SMILES string of the molecule is O=[N+]([O-])c1cnc(N2CCN(Cc3nc(-c4cccc(C(F)(F)F)c4)no3)CC2)nc1. The number of rotatable bonds is 5. The quantitative estimate of drug-likeness (QED) is 0.441. The Hall–Kier alpha value is -3.61. The zero-order valence-corrected chi connectivity index (χ0v) is 16.0. The Labute approximate surface area is 173 Å². The molecule has 1 fully saturated rings. The Morgan fingerprint density at radius 1 is 1.13 bits per heavy atom. The third kappa shape index (κ3) is 4.77. The highest BCUT2D eigenvalue weighted by Crippen LogP contribution is 2.31. The van der Waals surface area contributed by atoms with Crippen LogP contribution in [-0.2, 0) is 12.7 Å². The van der Waals surface area contributed by atoms with Crippen LogP contribution >= 0.6 is 0 Å². The van der Waals surface area contributed by atoms with E-state index in [0.29, 0.717) is 44.6 Å². The largest absolute Gasteiger partial charge is 0.416 e. The predicted octanol–water partition coefficient (Wildman–Crippen LogP) is 2.78. The molecule has 0 saturated carbocycles. The lowest BCUT2D eigenvalue weighted by Crippen LogP contribution is -2.46. The molecule has 0 bridgehead atoms. The minimum absolute atomic E-state index is 0.0963. The zero-order chi connectivity index (χ0) is 22.0. The van der Waals surface area contributed by atoms with Crippen molar-refractivity contribution in [2.75, 3.05) is 31.1 Å². The zero-order valence-electron chi connectivity index (χ0n) is 16.0. The van der Waals surface area contributed by atoms with Crippen molar-refractivity contribution in [3.05, 3.63) is 58.2 Å². The lowest BCUT2D eigenvalue weighted by Gasteiger charge is -2.33. The van der Waals surface area contributed by atoms with Crippen LogP contribution in [0.3, 0.4) is 0 Å². The summed E-state index contributed by atoms with van der Waals surface area (Å²) in [6.45, 7) is 2.78. The number of hydrogen-bond donors (Lipinski definition) is 0. The molecule has 1 aromatic carbocycles. The van der Waals surface area contributed by atoms with Crippen molar-refractivity contribution in [2.45, 2.75) is 12.7 Å². The minimum Gasteiger partial charge on any atom is -0.338 e. The van der Waals surface area contributed by atoms with Crippen molar-refractivity contribution in [1.82, 2.24) is 25.0 Å². The van der Waals surface area contributed by atoms with Crippen molar-refractivity contribution < 1.29 is 22.6 Å². The number of aromatic nitrogens is 4. The van der Waals surface area contributed by atoms with E-state index in [-0.39, 0.29) is 17.1 Å². The summed E-state index contributed by atoms with van der Waals surface area (Å²) in [5.41, 5.74) is -0.721. The second-order valence-electron chi connectivity index (χ2n) is 6.85. The van der Waals surface area contributed by atoms with Crippen LogP contribution < -0.4 is 4.90 Å². The van der Waals surface area contributed by atoms with Gasteiger partial charge in [-0.1, -0.05) is 17.3 Å². The van der Waals surface area contributed by atoms with Crippen LogP contribution in [0, 0.1) is 10.1 Å². The monoisotopic (exact) mass is 435 g/mol. The normalized spacial score (nSPS) is 15.3. The Bertz CT molecular complexity index is 1060. The molecule has 3 aromatic rings. The topological polar surface area (TPSA) is 114 Å². The van der Waals surface area contributed by atoms with Crippen molar-refractivity contribution in [3.8, 4) is 11.4 Å². The van der Waals surface area contributed by atoms with Crippen LogP contribution in [0.25, 0.3) is 11.4 Å². The standard InChI is InChI=1S/C18H16F3N7O3/c19-18(20,21)13-3-1-2-12(8-13)16-24-15(31-25-16)11-26-4-6-27(7-5-26)17-22-9-14(10-23-17)28(29)30/h1-3,8-10H,4-7,11H2. The van der Waals surface area contributed by atoms with Crippen LogP contribution in [0.4, 0.5) is 24.8 Å². The average molecular weight is 435 g/mol. The van der Waals surface area contributed by atoms with E-state index in [1.54, 1.807) is 0 Å². The summed E-state index contributed by atoms with van der Waals surface area (Å²) in [5.74, 6) is 0.807. The van der Waals surface area contributed by atoms with Gasteiger partial charge in [0, 0.05) is 31.7 Å². The lowest BCUT2D eigenvalue weighted by atomic mass is 10.1. The summed E-state index contributed by atoms with van der Waals surface area (Å²) in [6.07, 6.45) is -2.11. The molecule has 0 N–H and O–H groups in total. The summed E-state index contributed by atoms with van der Waals surface area (Å²) in [7, 11) is 0. The third-order valence-corrected chi connectivity index (χ3v) is 4.77. The second-order valence-corrected chi connectivity index (χ2v) is 6.85. The molecule has 0 atom stereocenters. The number of halogens is 3. The van der Waals surface area contributed by atoms with Gasteiger partial charge in [-0.05, 0) is 12.1 Å². The molecule has 2 aromatic heterocycles. The Morgan fingerprint density at radius 3 is 2.48 bits per heavy atom. The maximum Gasteiger partial charge on any atom is 0.416 e. The number of nitrogens with zero attached hydrogens (tertiary/aromatic N) is 7. The van der Waals surface area contributed by atoms with E-state index >= 15 is 0 Å². The fourth-order valence-electron chi connectivity index (χ4n) is 3.14. The van der Waals surface area contributed by atoms with E-state index < -0.39 is 16.7 Å². The Kier molecular flexibility index (Phi) is 5.50. The number of piperazine rings is 1. The number of benzene rings is 1. The van der Waals surface area contributed by atoms with Gasteiger partial charge in [0.15, 0.2) is 0 Å². The van der Waals surface area contributed by atoms with Crippen LogP contribution in [0.2, 0.25) is 0 Å². The molecule has 13 heteroatoms. The molecule has 1 aliphatic heterocycles. The van der Waals surface area contributed by atoms with Crippen LogP contribution in [0.1, 0.15) is 11.5 Å². The van der Waals surface area contributed by atoms with Gasteiger partial charge in [-0.15, -0.1) is 0 Å². The molecule has 0 amide bonds. The fourth-order valence-corrected chi connectivity index (χ4v) is 3.14. The summed E-state index contributed by atoms with van der Waals surface area (Å²) in [6, 6.07) is 4.76. The van der Waals surface area contributed by atoms with Crippen molar-refractivity contribution >= 4 is 11.6 Å². The number of nitro groups is 1. The van der Waals surface area contributed by atoms with E-state index in [9.17, 15) is 23.3 Å². The van der Waals surface area contributed by atoms with Crippen molar-refractivity contribution in [3.63, 3.8) is 0 Å². The van der Waals surface area contributed by atoms with Crippen LogP contribution in [0.15, 0.2) is 41.2 Å². The Morgan fingerprint density at radius 2 is 1.84 bits per heavy atom. The molecule has 0 aliphatic carbocycles. The number of alkyl halides is 3. The first kappa shape index (κ1) is 20.7. The molecular formula is C18H16F3N7O3. The highest BCUT2D eigenvalue weighted by atomic mass is 19.4. The Balaban J connectivity index is 1.35. The van der Waals surface area contributed by atoms with Gasteiger partial charge in [-0.2, -0.15) is 18.2 Å². The van der Waals surface area contributed by atoms with Gasteiger partial charge in [0.1, 0.15) is 12.4 Å². The van der Waals surface area contributed by atoms with Gasteiger partial charge in [0.25, 0.3) is 0 Å². The van der Waals surface area contributed by atoms with E-state index in [4.69, 9.17) is 4.52 Å². The summed E-state index contributed by atoms with van der Waals surface area (Å²) >= 11 is 0. The smallest absolute Gasteiger partial charge is 0.338 e. The summed E-state index contributed by atoms with van der Waals surface area (Å²) in [5, 5.41) is 14.5. The van der Waals surface area contributed by atoms with E-state index in [2.05, 4.69) is 20.1 Å². The number of hydrogen-bond acceptors (Lipinski definition) is 9. The van der Waals surface area contributed by atoms with Gasteiger partial charge in [-0.3, -0.25) is 15.0 Å². The fraction of sp³-hybridized carbons (Fsp3) is 0.333. The van der Waals surface area contributed by atoms with E-state index in [1.165, 1.54) is 24.5 Å². The summed E-state index contributed by atoms with van der Waals surface area (Å²) in [4.78, 5) is 26.4. The first-order chi connectivity index (χ1) is 14.8. The van der Waals surface area contributed by atoms with E-state index in [0.717, 1.165) is 12.1 Å². The summed E-state index contributed by atoms with van der Waals surface area (Å²) < 4.78 is 43.9. The predicted molar refractivity (Wildman–Crippen MR) is 101 cm³/mol. The minimum atomic E-state index is -4.45. The number of anilines is 1. The van der Waals surface area contributed by atoms with E-state index in [1.807, 2.05) is 9.80 Å². The second kappa shape index (κ2) is 8.26. The van der Waals surface area contributed by atoms with Crippen LogP contribution in [-0.4, -0.2) is 56.1 Å². The molecule has 4 rings (SSSR count). The molecule has 0 unspecified atom stereocenters. The molecule has 1 saturated heterocycles. The lowest BCUT2D eigenvalue weighted by molar-refractivity contribution is -0.385. The molecule has 162 valence electrons.